The van der Waals surface area contributed by atoms with Crippen molar-refractivity contribution in [1.82, 2.24) is 14.5 Å². The Bertz CT molecular complexity index is 592. The zero-order valence-corrected chi connectivity index (χ0v) is 10.2. The van der Waals surface area contributed by atoms with Gasteiger partial charge in [-0.2, -0.15) is 4.98 Å². The maximum absolute atomic E-state index is 11.7. The van der Waals surface area contributed by atoms with E-state index in [0.29, 0.717) is 15.7 Å². The first-order valence-electron chi connectivity index (χ1n) is 4.56. The SMILES string of the molecule is COc1ncn(-c2cc(Cl)cc(Cl)c2)c(=O)n1. The van der Waals surface area contributed by atoms with E-state index in [0.717, 1.165) is 0 Å². The summed E-state index contributed by atoms with van der Waals surface area (Å²) in [6.07, 6.45) is 1.30. The largest absolute Gasteiger partial charge is 0.467 e. The number of aromatic nitrogens is 3. The molecule has 2 aromatic rings. The number of hydrogen-bond acceptors (Lipinski definition) is 4. The second-order valence-electron chi connectivity index (χ2n) is 3.12. The fraction of sp³-hybridized carbons (Fsp3) is 0.100. The van der Waals surface area contributed by atoms with Crippen molar-refractivity contribution in [1.29, 1.82) is 0 Å². The van der Waals surface area contributed by atoms with Crippen LogP contribution >= 0.6 is 23.2 Å². The van der Waals surface area contributed by atoms with Crippen molar-refractivity contribution in [2.24, 2.45) is 0 Å². The number of hydrogen-bond donors (Lipinski definition) is 0. The van der Waals surface area contributed by atoms with E-state index in [-0.39, 0.29) is 6.01 Å². The van der Waals surface area contributed by atoms with Crippen LogP contribution in [0.4, 0.5) is 0 Å². The molecule has 1 aromatic carbocycles. The van der Waals surface area contributed by atoms with Gasteiger partial charge >= 0.3 is 11.7 Å². The van der Waals surface area contributed by atoms with E-state index in [1.54, 1.807) is 18.2 Å². The van der Waals surface area contributed by atoms with E-state index in [9.17, 15) is 4.79 Å². The van der Waals surface area contributed by atoms with Gasteiger partial charge in [0.15, 0.2) is 0 Å². The molecule has 0 aliphatic rings. The van der Waals surface area contributed by atoms with Crippen LogP contribution in [0.15, 0.2) is 29.3 Å². The fourth-order valence-corrected chi connectivity index (χ4v) is 1.79. The van der Waals surface area contributed by atoms with Gasteiger partial charge in [0.05, 0.1) is 12.8 Å². The van der Waals surface area contributed by atoms with Crippen molar-refractivity contribution in [3.05, 3.63) is 45.1 Å². The zero-order valence-electron chi connectivity index (χ0n) is 8.72. The second-order valence-corrected chi connectivity index (χ2v) is 4.00. The van der Waals surface area contributed by atoms with Crippen LogP contribution in [0.1, 0.15) is 0 Å². The molecular formula is C10H7Cl2N3O2. The molecule has 7 heteroatoms. The number of methoxy groups -OCH3 is 1. The smallest absolute Gasteiger partial charge is 0.358 e. The van der Waals surface area contributed by atoms with Gasteiger partial charge < -0.3 is 4.74 Å². The summed E-state index contributed by atoms with van der Waals surface area (Å²) in [4.78, 5) is 19.1. The van der Waals surface area contributed by atoms with E-state index in [2.05, 4.69) is 9.97 Å². The second kappa shape index (κ2) is 4.73. The van der Waals surface area contributed by atoms with Crippen molar-refractivity contribution in [3.8, 4) is 11.7 Å². The van der Waals surface area contributed by atoms with E-state index in [4.69, 9.17) is 27.9 Å². The molecule has 0 saturated heterocycles. The lowest BCUT2D eigenvalue weighted by molar-refractivity contribution is 0.374. The maximum Gasteiger partial charge on any atom is 0.358 e. The Kier molecular flexibility index (Phi) is 3.31. The number of halogens is 2. The van der Waals surface area contributed by atoms with Crippen molar-refractivity contribution in [2.45, 2.75) is 0 Å². The van der Waals surface area contributed by atoms with E-state index >= 15 is 0 Å². The molecule has 0 radical (unpaired) electrons. The molecule has 0 unspecified atom stereocenters. The van der Waals surface area contributed by atoms with Crippen LogP contribution in [0, 0.1) is 0 Å². The van der Waals surface area contributed by atoms with Crippen LogP contribution in [0.2, 0.25) is 10.0 Å². The third-order valence-corrected chi connectivity index (χ3v) is 2.43. The van der Waals surface area contributed by atoms with Gasteiger partial charge in [0.1, 0.15) is 6.33 Å². The summed E-state index contributed by atoms with van der Waals surface area (Å²) in [5.41, 5.74) is -0.0228. The summed E-state index contributed by atoms with van der Waals surface area (Å²) in [6.45, 7) is 0. The first kappa shape index (κ1) is 11.9. The topological polar surface area (TPSA) is 57.0 Å². The highest BCUT2D eigenvalue weighted by molar-refractivity contribution is 6.34. The molecule has 1 heterocycles. The van der Waals surface area contributed by atoms with Crippen LogP contribution in [0.5, 0.6) is 6.01 Å². The van der Waals surface area contributed by atoms with Gasteiger partial charge in [0, 0.05) is 10.0 Å². The highest BCUT2D eigenvalue weighted by atomic mass is 35.5. The quantitative estimate of drug-likeness (QED) is 0.838. The molecule has 0 saturated carbocycles. The molecule has 0 bridgehead atoms. The molecular weight excluding hydrogens is 265 g/mol. The Morgan fingerprint density at radius 1 is 1.24 bits per heavy atom. The summed E-state index contributed by atoms with van der Waals surface area (Å²) < 4.78 is 5.97. The van der Waals surface area contributed by atoms with Gasteiger partial charge in [0.25, 0.3) is 0 Å². The lowest BCUT2D eigenvalue weighted by Gasteiger charge is -2.05. The van der Waals surface area contributed by atoms with E-state index < -0.39 is 5.69 Å². The highest BCUT2D eigenvalue weighted by Crippen LogP contribution is 2.20. The van der Waals surface area contributed by atoms with E-state index in [1.807, 2.05) is 0 Å². The van der Waals surface area contributed by atoms with Crippen LogP contribution in [0.25, 0.3) is 5.69 Å². The Hall–Kier alpha value is -1.59. The predicted molar refractivity (Wildman–Crippen MR) is 64.2 cm³/mol. The predicted octanol–water partition coefficient (Wildman–Crippen LogP) is 1.94. The molecule has 0 spiro atoms. The first-order valence-corrected chi connectivity index (χ1v) is 5.32. The number of rotatable bonds is 2. The third kappa shape index (κ3) is 2.57. The van der Waals surface area contributed by atoms with Gasteiger partial charge in [-0.3, -0.25) is 4.57 Å². The van der Waals surface area contributed by atoms with Crippen molar-refractivity contribution in [3.63, 3.8) is 0 Å². The molecule has 0 N–H and O–H groups in total. The summed E-state index contributed by atoms with van der Waals surface area (Å²) >= 11 is 11.7. The van der Waals surface area contributed by atoms with Crippen LogP contribution in [0.3, 0.4) is 0 Å². The minimum atomic E-state index is -0.518. The Balaban J connectivity index is 2.57. The summed E-state index contributed by atoms with van der Waals surface area (Å²) in [7, 11) is 1.38. The molecule has 0 atom stereocenters. The molecule has 0 fully saturated rings. The molecule has 88 valence electrons. The fourth-order valence-electron chi connectivity index (χ4n) is 1.27. The Labute approximate surface area is 107 Å². The molecule has 1 aromatic heterocycles. The monoisotopic (exact) mass is 271 g/mol. The molecule has 0 aliphatic carbocycles. The molecule has 17 heavy (non-hydrogen) atoms. The normalized spacial score (nSPS) is 10.3. The standard InChI is InChI=1S/C10H7Cl2N3O2/c1-17-9-13-5-15(10(16)14-9)8-3-6(11)2-7(12)4-8/h2-5H,1H3. The van der Waals surface area contributed by atoms with Gasteiger partial charge in [-0.25, -0.2) is 4.79 Å². The minimum Gasteiger partial charge on any atom is -0.467 e. The first-order chi connectivity index (χ1) is 8.10. The minimum absolute atomic E-state index is 0.0133. The van der Waals surface area contributed by atoms with Gasteiger partial charge in [-0.05, 0) is 18.2 Å². The summed E-state index contributed by atoms with van der Waals surface area (Å²) in [5, 5.41) is 0.852. The number of nitrogens with zero attached hydrogens (tertiary/aromatic N) is 3. The lowest BCUT2D eigenvalue weighted by Crippen LogP contribution is -2.22. The summed E-state index contributed by atoms with van der Waals surface area (Å²) in [5.74, 6) is 0. The van der Waals surface area contributed by atoms with Gasteiger partial charge in [-0.15, -0.1) is 4.98 Å². The van der Waals surface area contributed by atoms with Crippen molar-refractivity contribution in [2.75, 3.05) is 7.11 Å². The van der Waals surface area contributed by atoms with Gasteiger partial charge in [0.2, 0.25) is 0 Å². The lowest BCUT2D eigenvalue weighted by atomic mass is 10.3. The number of ether oxygens (including phenoxy) is 1. The molecule has 2 rings (SSSR count). The maximum atomic E-state index is 11.7. The Morgan fingerprint density at radius 2 is 1.88 bits per heavy atom. The van der Waals surface area contributed by atoms with Crippen LogP contribution in [-0.4, -0.2) is 21.6 Å². The summed E-state index contributed by atoms with van der Waals surface area (Å²) in [6, 6.07) is 4.76. The van der Waals surface area contributed by atoms with Crippen molar-refractivity contribution >= 4 is 23.2 Å². The zero-order chi connectivity index (χ0) is 12.4. The molecule has 5 nitrogen and oxygen atoms in total. The van der Waals surface area contributed by atoms with Gasteiger partial charge in [-0.1, -0.05) is 23.2 Å². The van der Waals surface area contributed by atoms with Crippen LogP contribution in [-0.2, 0) is 0 Å². The van der Waals surface area contributed by atoms with E-state index in [1.165, 1.54) is 18.0 Å². The molecule has 0 aliphatic heterocycles. The third-order valence-electron chi connectivity index (χ3n) is 1.99. The Morgan fingerprint density at radius 3 is 2.41 bits per heavy atom. The highest BCUT2D eigenvalue weighted by Gasteiger charge is 2.05. The van der Waals surface area contributed by atoms with Crippen LogP contribution < -0.4 is 10.4 Å². The number of benzene rings is 1. The van der Waals surface area contributed by atoms with Crippen molar-refractivity contribution < 1.29 is 4.74 Å². The molecule has 0 amide bonds. The average Bonchev–Trinajstić information content (AvgIpc) is 2.27. The average molecular weight is 272 g/mol.